The normalized spacial score (nSPS) is 21.7. The second-order valence-electron chi connectivity index (χ2n) is 6.54. The number of nitrogens with zero attached hydrogens (tertiary/aromatic N) is 3. The summed E-state index contributed by atoms with van der Waals surface area (Å²) in [5.74, 6) is 0.608. The molecule has 6 heteroatoms. The van der Waals surface area contributed by atoms with Gasteiger partial charge in [-0.2, -0.15) is 0 Å². The van der Waals surface area contributed by atoms with Gasteiger partial charge in [0.05, 0.1) is 24.7 Å². The molecule has 2 aromatic rings. The molecule has 25 heavy (non-hydrogen) atoms. The van der Waals surface area contributed by atoms with Crippen LogP contribution in [0.4, 0.5) is 11.4 Å². The van der Waals surface area contributed by atoms with E-state index in [4.69, 9.17) is 4.74 Å². The van der Waals surface area contributed by atoms with Crippen LogP contribution in [0.5, 0.6) is 5.88 Å². The predicted molar refractivity (Wildman–Crippen MR) is 95.0 cm³/mol. The Hall–Kier alpha value is -2.73. The predicted octanol–water partition coefficient (Wildman–Crippen LogP) is 2.57. The van der Waals surface area contributed by atoms with E-state index in [0.717, 1.165) is 16.8 Å². The number of Topliss-reactive ketones (excluding diaryl/α,β-unsaturated/α-hetero) is 1. The number of amidine groups is 1. The number of rotatable bonds is 2. The first-order chi connectivity index (χ1) is 11.9. The number of methoxy groups -OCH3 is 1. The molecule has 0 radical (unpaired) electrons. The average molecular weight is 337 g/mol. The van der Waals surface area contributed by atoms with E-state index in [9.17, 15) is 9.90 Å². The average Bonchev–Trinajstić information content (AvgIpc) is 2.95. The summed E-state index contributed by atoms with van der Waals surface area (Å²) in [6, 6.07) is 7.32. The molecule has 1 aromatic carbocycles. The third kappa shape index (κ3) is 2.25. The minimum Gasteiger partial charge on any atom is -0.481 e. The number of benzene rings is 1. The fraction of sp³-hybridized carbons (Fsp3) is 0.316. The Morgan fingerprint density at radius 1 is 1.24 bits per heavy atom. The summed E-state index contributed by atoms with van der Waals surface area (Å²) in [5.41, 5.74) is 2.38. The van der Waals surface area contributed by atoms with E-state index in [-0.39, 0.29) is 5.78 Å². The molecule has 4 rings (SSSR count). The highest BCUT2D eigenvalue weighted by Crippen LogP contribution is 2.40. The number of carbonyl (C=O) groups is 1. The molecule has 128 valence electrons. The van der Waals surface area contributed by atoms with Crippen molar-refractivity contribution >= 4 is 23.0 Å². The van der Waals surface area contributed by atoms with Crippen molar-refractivity contribution in [3.63, 3.8) is 0 Å². The fourth-order valence-corrected chi connectivity index (χ4v) is 3.40. The molecule has 0 saturated carbocycles. The van der Waals surface area contributed by atoms with Gasteiger partial charge in [0.15, 0.2) is 5.60 Å². The minimum atomic E-state index is -1.57. The molecule has 2 aliphatic rings. The summed E-state index contributed by atoms with van der Waals surface area (Å²) >= 11 is 0. The van der Waals surface area contributed by atoms with Gasteiger partial charge in [-0.25, -0.2) is 9.98 Å². The molecule has 1 atom stereocenters. The highest BCUT2D eigenvalue weighted by Gasteiger charge is 2.52. The Morgan fingerprint density at radius 2 is 2.00 bits per heavy atom. The summed E-state index contributed by atoms with van der Waals surface area (Å²) < 4.78 is 5.08. The molecule has 1 saturated heterocycles. The van der Waals surface area contributed by atoms with E-state index in [1.165, 1.54) is 0 Å². The molecule has 1 aromatic heterocycles. The lowest BCUT2D eigenvalue weighted by atomic mass is 9.86. The molecule has 0 bridgehead atoms. The monoisotopic (exact) mass is 337 g/mol. The number of aliphatic hydroxyl groups is 1. The zero-order chi connectivity index (χ0) is 17.8. The lowest BCUT2D eigenvalue weighted by molar-refractivity contribution is 0.0602. The van der Waals surface area contributed by atoms with Crippen LogP contribution in [0.15, 0.2) is 35.5 Å². The van der Waals surface area contributed by atoms with Crippen LogP contribution < -0.4 is 9.64 Å². The number of pyridine rings is 1. The van der Waals surface area contributed by atoms with Gasteiger partial charge in [0.2, 0.25) is 11.7 Å². The smallest absolute Gasteiger partial charge is 0.213 e. The Kier molecular flexibility index (Phi) is 3.40. The first-order valence-electron chi connectivity index (χ1n) is 8.19. The molecule has 0 spiro atoms. The number of aliphatic imine (C=N–C) groups is 1. The van der Waals surface area contributed by atoms with Crippen molar-refractivity contribution in [1.82, 2.24) is 4.98 Å². The maximum atomic E-state index is 13.0. The maximum absolute atomic E-state index is 13.0. The molecule has 1 fully saturated rings. The van der Waals surface area contributed by atoms with Crippen LogP contribution in [0, 0.1) is 13.8 Å². The second-order valence-corrected chi connectivity index (χ2v) is 6.54. The van der Waals surface area contributed by atoms with E-state index in [1.807, 2.05) is 36.9 Å². The van der Waals surface area contributed by atoms with Gasteiger partial charge in [0.25, 0.3) is 0 Å². The number of ketones is 1. The van der Waals surface area contributed by atoms with E-state index < -0.39 is 5.60 Å². The Balaban J connectivity index is 1.83. The third-order valence-corrected chi connectivity index (χ3v) is 5.02. The Labute approximate surface area is 145 Å². The van der Waals surface area contributed by atoms with Crippen molar-refractivity contribution in [3.05, 3.63) is 47.2 Å². The summed E-state index contributed by atoms with van der Waals surface area (Å²) in [6.45, 7) is 4.44. The third-order valence-electron chi connectivity index (χ3n) is 5.02. The van der Waals surface area contributed by atoms with Crippen LogP contribution in [-0.4, -0.2) is 41.0 Å². The Bertz CT molecular complexity index is 905. The molecule has 1 unspecified atom stereocenters. The first kappa shape index (κ1) is 15.8. The summed E-state index contributed by atoms with van der Waals surface area (Å²) in [5, 5.41) is 11.1. The van der Waals surface area contributed by atoms with Gasteiger partial charge in [0, 0.05) is 24.6 Å². The minimum absolute atomic E-state index is 0.278. The number of hydrogen-bond acceptors (Lipinski definition) is 6. The van der Waals surface area contributed by atoms with E-state index >= 15 is 0 Å². The van der Waals surface area contributed by atoms with Crippen molar-refractivity contribution in [1.29, 1.82) is 0 Å². The van der Waals surface area contributed by atoms with Gasteiger partial charge in [-0.05, 0) is 43.2 Å². The molecule has 0 amide bonds. The standard InChI is InChI=1S/C19H19N3O3/c1-11-8-14-15(9-12(11)2)21-18-19(24,17(14)23)6-7-22(18)13-4-5-16(25-3)20-10-13/h4-5,8-10,24H,6-7H2,1-3H3. The van der Waals surface area contributed by atoms with Crippen LogP contribution in [-0.2, 0) is 0 Å². The highest BCUT2D eigenvalue weighted by atomic mass is 16.5. The lowest BCUT2D eigenvalue weighted by Gasteiger charge is -2.30. The lowest BCUT2D eigenvalue weighted by Crippen LogP contribution is -2.48. The molecular formula is C19H19N3O3. The topological polar surface area (TPSA) is 75.0 Å². The van der Waals surface area contributed by atoms with Crippen molar-refractivity contribution in [2.24, 2.45) is 4.99 Å². The molecule has 2 aliphatic heterocycles. The largest absolute Gasteiger partial charge is 0.481 e. The number of aromatic nitrogens is 1. The summed E-state index contributed by atoms with van der Waals surface area (Å²) in [6.07, 6.45) is 1.97. The van der Waals surface area contributed by atoms with Crippen LogP contribution >= 0.6 is 0 Å². The van der Waals surface area contributed by atoms with Gasteiger partial charge in [-0.15, -0.1) is 0 Å². The van der Waals surface area contributed by atoms with Crippen LogP contribution in [0.1, 0.15) is 27.9 Å². The van der Waals surface area contributed by atoms with Crippen LogP contribution in [0.2, 0.25) is 0 Å². The summed E-state index contributed by atoms with van der Waals surface area (Å²) in [7, 11) is 1.56. The zero-order valence-corrected chi connectivity index (χ0v) is 14.4. The number of ether oxygens (including phenoxy) is 1. The zero-order valence-electron chi connectivity index (χ0n) is 14.4. The van der Waals surface area contributed by atoms with E-state index in [0.29, 0.717) is 35.9 Å². The molecule has 3 heterocycles. The number of aryl methyl sites for hydroxylation is 2. The van der Waals surface area contributed by atoms with Gasteiger partial charge in [-0.3, -0.25) is 4.79 Å². The summed E-state index contributed by atoms with van der Waals surface area (Å²) in [4.78, 5) is 23.7. The van der Waals surface area contributed by atoms with Crippen molar-refractivity contribution < 1.29 is 14.6 Å². The molecule has 1 N–H and O–H groups in total. The number of anilines is 1. The van der Waals surface area contributed by atoms with Crippen molar-refractivity contribution in [2.75, 3.05) is 18.6 Å². The Morgan fingerprint density at radius 3 is 2.68 bits per heavy atom. The van der Waals surface area contributed by atoms with Gasteiger partial charge in [0.1, 0.15) is 5.84 Å². The van der Waals surface area contributed by atoms with Gasteiger partial charge in [-0.1, -0.05) is 0 Å². The highest BCUT2D eigenvalue weighted by molar-refractivity contribution is 6.28. The SMILES string of the molecule is COc1ccc(N2CCC3(O)C(=O)c4cc(C)c(C)cc4N=C23)cn1. The quantitative estimate of drug-likeness (QED) is 0.911. The number of fused-ring (bicyclic) bond motifs is 2. The van der Waals surface area contributed by atoms with Gasteiger partial charge < -0.3 is 14.7 Å². The fourth-order valence-electron chi connectivity index (χ4n) is 3.40. The molecule has 0 aliphatic carbocycles. The molecular weight excluding hydrogens is 318 g/mol. The number of hydrogen-bond donors (Lipinski definition) is 1. The number of carbonyl (C=O) groups excluding carboxylic acids is 1. The van der Waals surface area contributed by atoms with E-state index in [1.54, 1.807) is 19.4 Å². The second kappa shape index (κ2) is 5.39. The van der Waals surface area contributed by atoms with Crippen LogP contribution in [0.3, 0.4) is 0 Å². The van der Waals surface area contributed by atoms with Crippen LogP contribution in [0.25, 0.3) is 0 Å². The van der Waals surface area contributed by atoms with E-state index in [2.05, 4.69) is 9.98 Å². The van der Waals surface area contributed by atoms with Gasteiger partial charge >= 0.3 is 0 Å². The van der Waals surface area contributed by atoms with Crippen molar-refractivity contribution in [3.8, 4) is 5.88 Å². The van der Waals surface area contributed by atoms with Crippen molar-refractivity contribution in [2.45, 2.75) is 25.9 Å². The first-order valence-corrected chi connectivity index (χ1v) is 8.19. The maximum Gasteiger partial charge on any atom is 0.213 e. The molecule has 6 nitrogen and oxygen atoms in total.